The number of carbonyl (C=O) groups excluding carboxylic acids is 1. The van der Waals surface area contributed by atoms with Crippen LogP contribution >= 0.6 is 11.6 Å². The fraction of sp³-hybridized carbons (Fsp3) is 0.250. The van der Waals surface area contributed by atoms with E-state index < -0.39 is 5.54 Å². The summed E-state index contributed by atoms with van der Waals surface area (Å²) < 4.78 is 0. The molecular formula is C20H23ClN2O. The van der Waals surface area contributed by atoms with Crippen molar-refractivity contribution in [1.82, 2.24) is 10.9 Å². The van der Waals surface area contributed by atoms with Crippen molar-refractivity contribution in [3.05, 3.63) is 83.4 Å². The first-order chi connectivity index (χ1) is 11.5. The van der Waals surface area contributed by atoms with Gasteiger partial charge in [-0.1, -0.05) is 61.9 Å². The van der Waals surface area contributed by atoms with Crippen molar-refractivity contribution in [3.63, 3.8) is 0 Å². The van der Waals surface area contributed by atoms with Crippen molar-refractivity contribution in [1.29, 1.82) is 0 Å². The normalized spacial score (nSPS) is 14.5. The van der Waals surface area contributed by atoms with Crippen LogP contribution in [0.2, 0.25) is 5.02 Å². The minimum atomic E-state index is -0.462. The van der Waals surface area contributed by atoms with Gasteiger partial charge < -0.3 is 0 Å². The number of rotatable bonds is 7. The molecule has 2 aromatic carbocycles. The summed E-state index contributed by atoms with van der Waals surface area (Å²) in [6.45, 7) is 8.08. The Morgan fingerprint density at radius 1 is 1.21 bits per heavy atom. The topological polar surface area (TPSA) is 41.1 Å². The fourth-order valence-corrected chi connectivity index (χ4v) is 2.97. The number of benzene rings is 2. The van der Waals surface area contributed by atoms with Crippen LogP contribution in [0.15, 0.2) is 67.3 Å². The lowest BCUT2D eigenvalue weighted by Gasteiger charge is -2.38. The van der Waals surface area contributed by atoms with Gasteiger partial charge in [-0.15, -0.1) is 6.58 Å². The molecular weight excluding hydrogens is 320 g/mol. The molecule has 126 valence electrons. The van der Waals surface area contributed by atoms with Crippen molar-refractivity contribution in [2.45, 2.75) is 25.8 Å². The molecule has 2 rings (SSSR count). The Kier molecular flexibility index (Phi) is 6.18. The van der Waals surface area contributed by atoms with Crippen LogP contribution in [0.5, 0.6) is 0 Å². The SMILES string of the molecule is C=C[C@H](C)[C@](CC)(NNC(=O)c1ccccc1)c1ccc(Cl)cc1. The van der Waals surface area contributed by atoms with Crippen LogP contribution in [-0.2, 0) is 5.54 Å². The van der Waals surface area contributed by atoms with Crippen LogP contribution in [0.3, 0.4) is 0 Å². The summed E-state index contributed by atoms with van der Waals surface area (Å²) in [6.07, 6.45) is 2.66. The Balaban J connectivity index is 2.28. The van der Waals surface area contributed by atoms with E-state index in [1.54, 1.807) is 12.1 Å². The molecule has 24 heavy (non-hydrogen) atoms. The predicted molar refractivity (Wildman–Crippen MR) is 99.8 cm³/mol. The average Bonchev–Trinajstić information content (AvgIpc) is 2.63. The summed E-state index contributed by atoms with van der Waals surface area (Å²) in [4.78, 5) is 12.4. The lowest BCUT2D eigenvalue weighted by Crippen LogP contribution is -2.55. The summed E-state index contributed by atoms with van der Waals surface area (Å²) in [5, 5.41) is 0.684. The van der Waals surface area contributed by atoms with E-state index in [1.807, 2.05) is 48.5 Å². The number of carbonyl (C=O) groups is 1. The number of halogens is 1. The number of hydrogen-bond donors (Lipinski definition) is 2. The minimum Gasteiger partial charge on any atom is -0.287 e. The van der Waals surface area contributed by atoms with Gasteiger partial charge >= 0.3 is 0 Å². The summed E-state index contributed by atoms with van der Waals surface area (Å²) in [5.41, 5.74) is 7.30. The van der Waals surface area contributed by atoms with Gasteiger partial charge in [-0.3, -0.25) is 10.2 Å². The molecule has 0 aliphatic rings. The molecule has 0 heterocycles. The predicted octanol–water partition coefficient (Wildman–Crippen LogP) is 4.70. The smallest absolute Gasteiger partial charge is 0.265 e. The summed E-state index contributed by atoms with van der Waals surface area (Å²) in [5.74, 6) is -0.0709. The van der Waals surface area contributed by atoms with Gasteiger partial charge in [0.25, 0.3) is 5.91 Å². The van der Waals surface area contributed by atoms with Gasteiger partial charge in [0.05, 0.1) is 5.54 Å². The van der Waals surface area contributed by atoms with Crippen molar-refractivity contribution >= 4 is 17.5 Å². The van der Waals surface area contributed by atoms with E-state index in [9.17, 15) is 4.79 Å². The van der Waals surface area contributed by atoms with Crippen LogP contribution in [-0.4, -0.2) is 5.91 Å². The molecule has 4 heteroatoms. The van der Waals surface area contributed by atoms with Gasteiger partial charge in [0.15, 0.2) is 0 Å². The Bertz CT molecular complexity index is 685. The number of nitrogens with one attached hydrogen (secondary N) is 2. The third-order valence-electron chi connectivity index (χ3n) is 4.48. The van der Waals surface area contributed by atoms with E-state index in [-0.39, 0.29) is 11.8 Å². The van der Waals surface area contributed by atoms with E-state index in [0.29, 0.717) is 10.6 Å². The van der Waals surface area contributed by atoms with Crippen LogP contribution in [0.1, 0.15) is 36.2 Å². The van der Waals surface area contributed by atoms with Crippen LogP contribution < -0.4 is 10.9 Å². The van der Waals surface area contributed by atoms with E-state index in [4.69, 9.17) is 11.6 Å². The van der Waals surface area contributed by atoms with Crippen molar-refractivity contribution in [2.24, 2.45) is 5.92 Å². The maximum Gasteiger partial charge on any atom is 0.265 e. The zero-order valence-electron chi connectivity index (χ0n) is 14.1. The van der Waals surface area contributed by atoms with Gasteiger partial charge in [-0.25, -0.2) is 5.43 Å². The molecule has 2 N–H and O–H groups in total. The molecule has 0 aliphatic carbocycles. The Hall–Kier alpha value is -2.10. The standard InChI is InChI=1S/C20H23ClN2O/c1-4-15(3)20(5-2,17-11-13-18(21)14-12-17)23-22-19(24)16-9-7-6-8-10-16/h4,6-15,23H,1,5H2,2-3H3,(H,22,24)/t15-,20-/m0/s1. The second-order valence-corrected chi connectivity index (χ2v) is 6.24. The molecule has 0 fully saturated rings. The third kappa shape index (κ3) is 3.86. The molecule has 3 nitrogen and oxygen atoms in total. The molecule has 0 aromatic heterocycles. The van der Waals surface area contributed by atoms with E-state index in [2.05, 4.69) is 31.3 Å². The Labute approximate surface area is 148 Å². The zero-order chi connectivity index (χ0) is 17.6. The van der Waals surface area contributed by atoms with Gasteiger partial charge in [-0.05, 0) is 42.2 Å². The van der Waals surface area contributed by atoms with E-state index >= 15 is 0 Å². The van der Waals surface area contributed by atoms with Gasteiger partial charge in [0.2, 0.25) is 0 Å². The summed E-state index contributed by atoms with van der Waals surface area (Å²) in [7, 11) is 0. The monoisotopic (exact) mass is 342 g/mol. The molecule has 2 aromatic rings. The molecule has 0 saturated carbocycles. The number of hydrogen-bond acceptors (Lipinski definition) is 2. The second-order valence-electron chi connectivity index (χ2n) is 5.80. The zero-order valence-corrected chi connectivity index (χ0v) is 14.8. The highest BCUT2D eigenvalue weighted by Gasteiger charge is 2.35. The highest BCUT2D eigenvalue weighted by molar-refractivity contribution is 6.30. The highest BCUT2D eigenvalue weighted by atomic mass is 35.5. The van der Waals surface area contributed by atoms with Crippen molar-refractivity contribution in [2.75, 3.05) is 0 Å². The average molecular weight is 343 g/mol. The van der Waals surface area contributed by atoms with E-state index in [0.717, 1.165) is 12.0 Å². The first-order valence-corrected chi connectivity index (χ1v) is 8.42. The Morgan fingerprint density at radius 2 is 1.83 bits per heavy atom. The minimum absolute atomic E-state index is 0.0970. The van der Waals surface area contributed by atoms with Crippen LogP contribution in [0, 0.1) is 5.92 Å². The first-order valence-electron chi connectivity index (χ1n) is 8.04. The molecule has 1 amide bonds. The van der Waals surface area contributed by atoms with Crippen molar-refractivity contribution in [3.8, 4) is 0 Å². The Morgan fingerprint density at radius 3 is 2.38 bits per heavy atom. The van der Waals surface area contributed by atoms with Crippen LogP contribution in [0.25, 0.3) is 0 Å². The maximum absolute atomic E-state index is 12.4. The number of amides is 1. The molecule has 0 saturated heterocycles. The lowest BCUT2D eigenvalue weighted by molar-refractivity contribution is 0.0883. The van der Waals surface area contributed by atoms with Crippen LogP contribution in [0.4, 0.5) is 0 Å². The molecule has 0 aliphatic heterocycles. The molecule has 2 atom stereocenters. The summed E-state index contributed by atoms with van der Waals surface area (Å²) in [6, 6.07) is 16.8. The van der Waals surface area contributed by atoms with E-state index in [1.165, 1.54) is 0 Å². The third-order valence-corrected chi connectivity index (χ3v) is 4.73. The highest BCUT2D eigenvalue weighted by Crippen LogP contribution is 2.34. The largest absolute Gasteiger partial charge is 0.287 e. The first kappa shape index (κ1) is 18.2. The molecule has 0 spiro atoms. The van der Waals surface area contributed by atoms with Crippen molar-refractivity contribution < 1.29 is 4.79 Å². The molecule has 0 unspecified atom stereocenters. The second kappa shape index (κ2) is 8.13. The summed E-state index contributed by atoms with van der Waals surface area (Å²) >= 11 is 6.02. The molecule has 0 bridgehead atoms. The lowest BCUT2D eigenvalue weighted by atomic mass is 9.77. The number of hydrazine groups is 1. The van der Waals surface area contributed by atoms with Gasteiger partial charge in [0.1, 0.15) is 0 Å². The fourth-order valence-electron chi connectivity index (χ4n) is 2.84. The molecule has 0 radical (unpaired) electrons. The van der Waals surface area contributed by atoms with Gasteiger partial charge in [-0.2, -0.15) is 0 Å². The van der Waals surface area contributed by atoms with Gasteiger partial charge in [0, 0.05) is 10.6 Å². The quantitative estimate of drug-likeness (QED) is 0.565. The maximum atomic E-state index is 12.4.